The summed E-state index contributed by atoms with van der Waals surface area (Å²) in [6.07, 6.45) is 1.64. The highest BCUT2D eigenvalue weighted by Gasteiger charge is 2.19. The first-order valence-electron chi connectivity index (χ1n) is 6.14. The number of β-amino-alcohol motifs (C(OH)–C–C–N with tert-alkyl or cyclic N) is 1. The maximum absolute atomic E-state index is 10.8. The first-order chi connectivity index (χ1) is 9.06. The van der Waals surface area contributed by atoms with Gasteiger partial charge in [0, 0.05) is 30.2 Å². The number of rotatable bonds is 4. The topological polar surface area (TPSA) is 60.8 Å². The molecule has 1 aromatic carbocycles. The molecule has 0 amide bonds. The highest BCUT2D eigenvalue weighted by atomic mass is 35.5. The molecular formula is C14H17Cl2NO3. The summed E-state index contributed by atoms with van der Waals surface area (Å²) >= 11 is 5.80. The number of aliphatic hydroxyl groups excluding tert-OH is 1. The fourth-order valence-corrected chi connectivity index (χ4v) is 2.23. The van der Waals surface area contributed by atoms with Crippen LogP contribution in [0.15, 0.2) is 35.9 Å². The van der Waals surface area contributed by atoms with Crippen molar-refractivity contribution in [2.75, 3.05) is 19.6 Å². The summed E-state index contributed by atoms with van der Waals surface area (Å²) in [4.78, 5) is 12.8. The fraction of sp³-hybridized carbons (Fsp3) is 0.357. The van der Waals surface area contributed by atoms with Crippen molar-refractivity contribution in [3.05, 3.63) is 46.5 Å². The van der Waals surface area contributed by atoms with E-state index in [0.717, 1.165) is 5.56 Å². The summed E-state index contributed by atoms with van der Waals surface area (Å²) in [5, 5.41) is 19.6. The SMILES string of the molecule is Cl.O=C(O)C1=CCN(CC(O)c2ccc(Cl)cc2)CC1. The number of aliphatic carboxylic acids is 1. The van der Waals surface area contributed by atoms with Crippen molar-refractivity contribution in [1.82, 2.24) is 4.90 Å². The first kappa shape index (κ1) is 17.0. The Morgan fingerprint density at radius 1 is 1.35 bits per heavy atom. The van der Waals surface area contributed by atoms with E-state index in [1.54, 1.807) is 30.3 Å². The molecule has 0 bridgehead atoms. The average Bonchev–Trinajstić information content (AvgIpc) is 2.40. The van der Waals surface area contributed by atoms with Crippen molar-refractivity contribution >= 4 is 30.0 Å². The Labute approximate surface area is 129 Å². The van der Waals surface area contributed by atoms with Crippen LogP contribution in [-0.2, 0) is 4.79 Å². The van der Waals surface area contributed by atoms with Crippen molar-refractivity contribution < 1.29 is 15.0 Å². The zero-order chi connectivity index (χ0) is 13.8. The minimum absolute atomic E-state index is 0. The smallest absolute Gasteiger partial charge is 0.331 e. The lowest BCUT2D eigenvalue weighted by Gasteiger charge is -2.27. The van der Waals surface area contributed by atoms with E-state index >= 15 is 0 Å². The molecule has 1 aromatic rings. The summed E-state index contributed by atoms with van der Waals surface area (Å²) in [7, 11) is 0. The van der Waals surface area contributed by atoms with Gasteiger partial charge >= 0.3 is 5.97 Å². The molecule has 4 nitrogen and oxygen atoms in total. The normalized spacial score (nSPS) is 17.0. The highest BCUT2D eigenvalue weighted by Crippen LogP contribution is 2.19. The zero-order valence-corrected chi connectivity index (χ0v) is 12.4. The van der Waals surface area contributed by atoms with Gasteiger partial charge in [0.25, 0.3) is 0 Å². The Bertz CT molecular complexity index is 488. The summed E-state index contributed by atoms with van der Waals surface area (Å²) in [6, 6.07) is 7.10. The molecule has 0 radical (unpaired) electrons. The Kier molecular flexibility index (Phi) is 6.49. The molecule has 1 heterocycles. The molecule has 1 unspecified atom stereocenters. The molecule has 0 aliphatic carbocycles. The standard InChI is InChI=1S/C14H16ClNO3.ClH/c15-12-3-1-10(2-4-12)13(17)9-16-7-5-11(6-8-16)14(18)19;/h1-5,13,17H,6-9H2,(H,18,19);1H. The fourth-order valence-electron chi connectivity index (χ4n) is 2.11. The number of hydrogen-bond acceptors (Lipinski definition) is 3. The Morgan fingerprint density at radius 2 is 2.00 bits per heavy atom. The number of carboxylic acid groups (broad SMARTS) is 1. The molecule has 0 fully saturated rings. The molecule has 20 heavy (non-hydrogen) atoms. The van der Waals surface area contributed by atoms with Gasteiger partial charge in [0.15, 0.2) is 0 Å². The van der Waals surface area contributed by atoms with Crippen LogP contribution in [0.4, 0.5) is 0 Å². The molecule has 2 N–H and O–H groups in total. The van der Waals surface area contributed by atoms with Crippen LogP contribution in [-0.4, -0.2) is 40.7 Å². The molecule has 0 aromatic heterocycles. The third-order valence-corrected chi connectivity index (χ3v) is 3.51. The quantitative estimate of drug-likeness (QED) is 0.895. The lowest BCUT2D eigenvalue weighted by Crippen LogP contribution is -2.33. The molecular weight excluding hydrogens is 301 g/mol. The van der Waals surface area contributed by atoms with E-state index in [0.29, 0.717) is 36.7 Å². The van der Waals surface area contributed by atoms with Crippen LogP contribution in [0.5, 0.6) is 0 Å². The van der Waals surface area contributed by atoms with Gasteiger partial charge in [0.2, 0.25) is 0 Å². The number of carbonyl (C=O) groups is 1. The van der Waals surface area contributed by atoms with E-state index in [1.807, 2.05) is 4.90 Å². The van der Waals surface area contributed by atoms with E-state index in [2.05, 4.69) is 0 Å². The Morgan fingerprint density at radius 3 is 2.50 bits per heavy atom. The second-order valence-electron chi connectivity index (χ2n) is 4.61. The van der Waals surface area contributed by atoms with Gasteiger partial charge in [0.1, 0.15) is 0 Å². The van der Waals surface area contributed by atoms with Gasteiger partial charge in [-0.25, -0.2) is 4.79 Å². The summed E-state index contributed by atoms with van der Waals surface area (Å²) < 4.78 is 0. The summed E-state index contributed by atoms with van der Waals surface area (Å²) in [6.45, 7) is 1.71. The molecule has 0 saturated heterocycles. The second kappa shape index (κ2) is 7.64. The average molecular weight is 318 g/mol. The Hall–Kier alpha value is -1.07. The van der Waals surface area contributed by atoms with E-state index in [9.17, 15) is 9.90 Å². The predicted octanol–water partition coefficient (Wildman–Crippen LogP) is 2.51. The van der Waals surface area contributed by atoms with Gasteiger partial charge in [-0.1, -0.05) is 29.8 Å². The summed E-state index contributed by atoms with van der Waals surface area (Å²) in [5.41, 5.74) is 1.27. The van der Waals surface area contributed by atoms with Crippen LogP contribution in [0.1, 0.15) is 18.1 Å². The zero-order valence-electron chi connectivity index (χ0n) is 10.8. The monoisotopic (exact) mass is 317 g/mol. The van der Waals surface area contributed by atoms with Crippen LogP contribution >= 0.6 is 24.0 Å². The van der Waals surface area contributed by atoms with Crippen LogP contribution in [0.25, 0.3) is 0 Å². The van der Waals surface area contributed by atoms with Crippen molar-refractivity contribution in [2.24, 2.45) is 0 Å². The Balaban J connectivity index is 0.00000200. The van der Waals surface area contributed by atoms with E-state index < -0.39 is 12.1 Å². The minimum atomic E-state index is -0.849. The number of hydrogen-bond donors (Lipinski definition) is 2. The van der Waals surface area contributed by atoms with Gasteiger partial charge in [-0.2, -0.15) is 0 Å². The van der Waals surface area contributed by atoms with Gasteiger partial charge in [-0.3, -0.25) is 4.90 Å². The second-order valence-corrected chi connectivity index (χ2v) is 5.05. The minimum Gasteiger partial charge on any atom is -0.478 e. The molecule has 1 aliphatic heterocycles. The third-order valence-electron chi connectivity index (χ3n) is 3.25. The van der Waals surface area contributed by atoms with Crippen molar-refractivity contribution in [1.29, 1.82) is 0 Å². The lowest BCUT2D eigenvalue weighted by molar-refractivity contribution is -0.133. The molecule has 6 heteroatoms. The maximum Gasteiger partial charge on any atom is 0.331 e. The van der Waals surface area contributed by atoms with E-state index in [-0.39, 0.29) is 12.4 Å². The highest BCUT2D eigenvalue weighted by molar-refractivity contribution is 6.30. The van der Waals surface area contributed by atoms with E-state index in [4.69, 9.17) is 16.7 Å². The molecule has 0 spiro atoms. The first-order valence-corrected chi connectivity index (χ1v) is 6.52. The number of aliphatic hydroxyl groups is 1. The number of nitrogens with zero attached hydrogens (tertiary/aromatic N) is 1. The molecule has 0 saturated carbocycles. The largest absolute Gasteiger partial charge is 0.478 e. The van der Waals surface area contributed by atoms with Crippen LogP contribution in [0.2, 0.25) is 5.02 Å². The number of halogens is 2. The molecule has 110 valence electrons. The number of benzene rings is 1. The van der Waals surface area contributed by atoms with E-state index in [1.165, 1.54) is 0 Å². The number of carboxylic acids is 1. The maximum atomic E-state index is 10.8. The van der Waals surface area contributed by atoms with Crippen molar-refractivity contribution in [2.45, 2.75) is 12.5 Å². The van der Waals surface area contributed by atoms with Gasteiger partial charge in [-0.05, 0) is 24.1 Å². The van der Waals surface area contributed by atoms with Gasteiger partial charge in [0.05, 0.1) is 6.10 Å². The molecule has 1 atom stereocenters. The lowest BCUT2D eigenvalue weighted by atomic mass is 10.1. The van der Waals surface area contributed by atoms with Gasteiger partial charge < -0.3 is 10.2 Å². The molecule has 2 rings (SSSR count). The van der Waals surface area contributed by atoms with Crippen molar-refractivity contribution in [3.63, 3.8) is 0 Å². The van der Waals surface area contributed by atoms with Crippen LogP contribution in [0, 0.1) is 0 Å². The van der Waals surface area contributed by atoms with Crippen LogP contribution in [0.3, 0.4) is 0 Å². The van der Waals surface area contributed by atoms with Gasteiger partial charge in [-0.15, -0.1) is 12.4 Å². The molecule has 1 aliphatic rings. The summed E-state index contributed by atoms with van der Waals surface area (Å²) in [5.74, 6) is -0.849. The predicted molar refractivity (Wildman–Crippen MR) is 80.4 cm³/mol. The van der Waals surface area contributed by atoms with Crippen molar-refractivity contribution in [3.8, 4) is 0 Å². The third kappa shape index (κ3) is 4.49. The van der Waals surface area contributed by atoms with Crippen LogP contribution < -0.4 is 0 Å².